The topological polar surface area (TPSA) is 76.2 Å². The molecule has 1 N–H and O–H groups in total. The summed E-state index contributed by atoms with van der Waals surface area (Å²) in [6.45, 7) is 5.85. The lowest BCUT2D eigenvalue weighted by Gasteiger charge is -2.34. The summed E-state index contributed by atoms with van der Waals surface area (Å²) in [4.78, 5) is 14.4. The zero-order valence-corrected chi connectivity index (χ0v) is 14.9. The molecule has 0 aromatic carbocycles. The highest BCUT2D eigenvalue weighted by atomic mass is 16.3. The van der Waals surface area contributed by atoms with Gasteiger partial charge in [-0.1, -0.05) is 12.8 Å². The summed E-state index contributed by atoms with van der Waals surface area (Å²) in [5, 5.41) is 11.8. The first-order valence-electron chi connectivity index (χ1n) is 9.15. The van der Waals surface area contributed by atoms with Gasteiger partial charge in [-0.15, -0.1) is 10.2 Å². The van der Waals surface area contributed by atoms with Crippen LogP contribution in [0.25, 0.3) is 0 Å². The number of urea groups is 1. The van der Waals surface area contributed by atoms with Gasteiger partial charge in [0.15, 0.2) is 5.82 Å². The number of carbonyl (C=O) groups is 1. The molecule has 0 spiro atoms. The largest absolute Gasteiger partial charge is 0.467 e. The van der Waals surface area contributed by atoms with Crippen molar-refractivity contribution in [2.75, 3.05) is 6.54 Å². The van der Waals surface area contributed by atoms with Crippen molar-refractivity contribution in [3.8, 4) is 0 Å². The molecule has 0 saturated heterocycles. The number of nitrogens with zero attached hydrogens (tertiary/aromatic N) is 4. The van der Waals surface area contributed by atoms with E-state index in [0.717, 1.165) is 29.5 Å². The maximum absolute atomic E-state index is 12.6. The SMILES string of the molecule is Cc1ccoc1CNC(=O)N1CCn2c(C3CCCC3)nnc2C1C. The molecule has 0 radical (unpaired) electrons. The average Bonchev–Trinajstić information content (AvgIpc) is 3.33. The zero-order valence-electron chi connectivity index (χ0n) is 14.9. The quantitative estimate of drug-likeness (QED) is 0.929. The fourth-order valence-electron chi connectivity index (χ4n) is 4.01. The van der Waals surface area contributed by atoms with Gasteiger partial charge in [0.2, 0.25) is 0 Å². The molecule has 2 aliphatic rings. The first-order chi connectivity index (χ1) is 12.1. The van der Waals surface area contributed by atoms with Crippen LogP contribution in [0.4, 0.5) is 4.79 Å². The van der Waals surface area contributed by atoms with E-state index in [1.54, 1.807) is 6.26 Å². The van der Waals surface area contributed by atoms with Gasteiger partial charge in [-0.05, 0) is 38.3 Å². The molecule has 134 valence electrons. The third kappa shape index (κ3) is 2.92. The molecule has 1 aliphatic carbocycles. The van der Waals surface area contributed by atoms with E-state index in [9.17, 15) is 4.79 Å². The van der Waals surface area contributed by atoms with Crippen LogP contribution in [0.3, 0.4) is 0 Å². The first kappa shape index (κ1) is 16.2. The summed E-state index contributed by atoms with van der Waals surface area (Å²) in [6.07, 6.45) is 6.62. The van der Waals surface area contributed by atoms with Crippen LogP contribution in [0.1, 0.15) is 67.5 Å². The predicted octanol–water partition coefficient (Wildman–Crippen LogP) is 3.12. The van der Waals surface area contributed by atoms with Crippen molar-refractivity contribution in [1.29, 1.82) is 0 Å². The molecule has 2 amide bonds. The Labute approximate surface area is 147 Å². The third-order valence-electron chi connectivity index (χ3n) is 5.56. The van der Waals surface area contributed by atoms with Crippen molar-refractivity contribution in [3.63, 3.8) is 0 Å². The second kappa shape index (κ2) is 6.54. The second-order valence-corrected chi connectivity index (χ2v) is 7.10. The number of hydrogen-bond donors (Lipinski definition) is 1. The van der Waals surface area contributed by atoms with Crippen molar-refractivity contribution in [3.05, 3.63) is 35.3 Å². The van der Waals surface area contributed by atoms with E-state index in [1.807, 2.05) is 24.8 Å². The Balaban J connectivity index is 1.45. The molecular weight excluding hydrogens is 318 g/mol. The van der Waals surface area contributed by atoms with Crippen LogP contribution in [0.5, 0.6) is 0 Å². The minimum absolute atomic E-state index is 0.0749. The van der Waals surface area contributed by atoms with Crippen LogP contribution in [0.15, 0.2) is 16.7 Å². The Bertz CT molecular complexity index is 759. The highest BCUT2D eigenvalue weighted by molar-refractivity contribution is 5.74. The van der Waals surface area contributed by atoms with Crippen molar-refractivity contribution in [2.45, 2.75) is 64.6 Å². The van der Waals surface area contributed by atoms with E-state index in [-0.39, 0.29) is 12.1 Å². The number of carbonyl (C=O) groups excluding carboxylic acids is 1. The van der Waals surface area contributed by atoms with Crippen molar-refractivity contribution in [2.24, 2.45) is 0 Å². The van der Waals surface area contributed by atoms with Crippen LogP contribution in [0, 0.1) is 6.92 Å². The number of furan rings is 1. The van der Waals surface area contributed by atoms with Crippen molar-refractivity contribution < 1.29 is 9.21 Å². The van der Waals surface area contributed by atoms with Crippen LogP contribution in [0.2, 0.25) is 0 Å². The van der Waals surface area contributed by atoms with E-state index < -0.39 is 0 Å². The van der Waals surface area contributed by atoms with E-state index in [4.69, 9.17) is 4.42 Å². The van der Waals surface area contributed by atoms with Gasteiger partial charge in [0, 0.05) is 19.0 Å². The summed E-state index contributed by atoms with van der Waals surface area (Å²) < 4.78 is 7.62. The van der Waals surface area contributed by atoms with Crippen LogP contribution < -0.4 is 5.32 Å². The van der Waals surface area contributed by atoms with Gasteiger partial charge in [-0.25, -0.2) is 4.79 Å². The summed E-state index contributed by atoms with van der Waals surface area (Å²) in [7, 11) is 0. The van der Waals surface area contributed by atoms with Crippen LogP contribution in [-0.2, 0) is 13.1 Å². The van der Waals surface area contributed by atoms with Crippen LogP contribution >= 0.6 is 0 Å². The molecule has 1 saturated carbocycles. The van der Waals surface area contributed by atoms with Crippen molar-refractivity contribution >= 4 is 6.03 Å². The summed E-state index contributed by atoms with van der Waals surface area (Å²) in [5.74, 6) is 3.35. The van der Waals surface area contributed by atoms with Gasteiger partial charge >= 0.3 is 6.03 Å². The molecule has 1 aliphatic heterocycles. The van der Waals surface area contributed by atoms with Gasteiger partial charge < -0.3 is 19.2 Å². The lowest BCUT2D eigenvalue weighted by molar-refractivity contribution is 0.158. The third-order valence-corrected chi connectivity index (χ3v) is 5.56. The zero-order chi connectivity index (χ0) is 17.4. The average molecular weight is 343 g/mol. The van der Waals surface area contributed by atoms with Crippen LogP contribution in [-0.4, -0.2) is 32.2 Å². The van der Waals surface area contributed by atoms with E-state index in [0.29, 0.717) is 19.0 Å². The van der Waals surface area contributed by atoms with Gasteiger partial charge in [0.05, 0.1) is 18.8 Å². The first-order valence-corrected chi connectivity index (χ1v) is 9.15. The van der Waals surface area contributed by atoms with E-state index in [2.05, 4.69) is 20.1 Å². The normalized spacial score (nSPS) is 20.7. The molecule has 25 heavy (non-hydrogen) atoms. The number of fused-ring (bicyclic) bond motifs is 1. The van der Waals surface area contributed by atoms with Gasteiger partial charge in [0.1, 0.15) is 11.6 Å². The maximum Gasteiger partial charge on any atom is 0.318 e. The smallest absolute Gasteiger partial charge is 0.318 e. The molecule has 7 heteroatoms. The fourth-order valence-corrected chi connectivity index (χ4v) is 4.01. The lowest BCUT2D eigenvalue weighted by atomic mass is 10.1. The lowest BCUT2D eigenvalue weighted by Crippen LogP contribution is -2.46. The monoisotopic (exact) mass is 343 g/mol. The predicted molar refractivity (Wildman–Crippen MR) is 92.0 cm³/mol. The molecule has 7 nitrogen and oxygen atoms in total. The molecule has 2 aromatic heterocycles. The molecule has 3 heterocycles. The summed E-state index contributed by atoms with van der Waals surface area (Å²) in [5.41, 5.74) is 1.05. The van der Waals surface area contributed by atoms with Gasteiger partial charge in [-0.3, -0.25) is 0 Å². The molecular formula is C18H25N5O2. The van der Waals surface area contributed by atoms with E-state index >= 15 is 0 Å². The number of rotatable bonds is 3. The second-order valence-electron chi connectivity index (χ2n) is 7.10. The number of amides is 2. The Hall–Kier alpha value is -2.31. The Morgan fingerprint density at radius 1 is 1.28 bits per heavy atom. The minimum atomic E-state index is -0.0834. The maximum atomic E-state index is 12.6. The highest BCUT2D eigenvalue weighted by Crippen LogP contribution is 2.35. The number of aryl methyl sites for hydroxylation is 1. The van der Waals surface area contributed by atoms with Gasteiger partial charge in [-0.2, -0.15) is 0 Å². The van der Waals surface area contributed by atoms with E-state index in [1.165, 1.54) is 25.7 Å². The Morgan fingerprint density at radius 2 is 2.04 bits per heavy atom. The molecule has 2 aromatic rings. The standard InChI is InChI=1S/C18H25N5O2/c1-12-7-10-25-15(12)11-19-18(24)22-8-9-23-16(13(22)2)20-21-17(23)14-5-3-4-6-14/h7,10,13-14H,3-6,8-9,11H2,1-2H3,(H,19,24). The molecule has 0 bridgehead atoms. The minimum Gasteiger partial charge on any atom is -0.467 e. The summed E-state index contributed by atoms with van der Waals surface area (Å²) in [6, 6.07) is 1.74. The fraction of sp³-hybridized carbons (Fsp3) is 0.611. The molecule has 1 atom stereocenters. The molecule has 4 rings (SSSR count). The van der Waals surface area contributed by atoms with Crippen molar-refractivity contribution in [1.82, 2.24) is 25.0 Å². The molecule has 1 fully saturated rings. The number of hydrogen-bond acceptors (Lipinski definition) is 4. The number of nitrogens with one attached hydrogen (secondary N) is 1. The number of aromatic nitrogens is 3. The Morgan fingerprint density at radius 3 is 2.76 bits per heavy atom. The summed E-state index contributed by atoms with van der Waals surface area (Å²) >= 11 is 0. The highest BCUT2D eigenvalue weighted by Gasteiger charge is 2.33. The molecule has 1 unspecified atom stereocenters. The van der Waals surface area contributed by atoms with Gasteiger partial charge in [0.25, 0.3) is 0 Å². The Kier molecular flexibility index (Phi) is 4.23.